The number of carbonyl (C=O) groups is 1. The van der Waals surface area contributed by atoms with E-state index in [-0.39, 0.29) is 111 Å². The van der Waals surface area contributed by atoms with Gasteiger partial charge < -0.3 is 20.1 Å². The zero-order chi connectivity index (χ0) is 32.5. The topological polar surface area (TPSA) is 244 Å². The third kappa shape index (κ3) is 9.79. The Balaban J connectivity index is 0.00000267. The summed E-state index contributed by atoms with van der Waals surface area (Å²) in [5, 5.41) is 51.0. The molecule has 0 aliphatic heterocycles. The van der Waals surface area contributed by atoms with Crippen molar-refractivity contribution in [3.63, 3.8) is 0 Å². The van der Waals surface area contributed by atoms with E-state index in [2.05, 4.69) is 20.5 Å². The van der Waals surface area contributed by atoms with Gasteiger partial charge in [-0.15, -0.1) is 5.11 Å². The van der Waals surface area contributed by atoms with Gasteiger partial charge in [0.05, 0.1) is 33.6 Å². The summed E-state index contributed by atoms with van der Waals surface area (Å²) in [5.74, 6) is -3.25. The van der Waals surface area contributed by atoms with E-state index in [0.717, 1.165) is 47.5 Å². The van der Waals surface area contributed by atoms with Gasteiger partial charge in [-0.2, -0.15) is 32.2 Å². The zero-order valence-corrected chi connectivity index (χ0v) is 33.1. The van der Waals surface area contributed by atoms with E-state index < -0.39 is 58.7 Å². The number of azo groups is 2. The fraction of sp³-hybridized carbons (Fsp3) is 0. The van der Waals surface area contributed by atoms with E-state index in [1.165, 1.54) is 18.2 Å². The van der Waals surface area contributed by atoms with Crippen LogP contribution in [-0.4, -0.2) is 31.9 Å². The standard InChI is InChI=1S/C29H20N4O10S2.3Na/c34-25-12-9-21(15-24(25)29(36)37)32-30-19-5-1-16(2-6-19)17-3-7-20(8-4-17)31-33-27-26(45(41,42)43)14-18-13-22(44(38,39)40)10-11-23(18)28(27)35;;;/h1-15,34-35H,(H,36,37)(H,38,39,40)(H,41,42,43);;;/q;3*+1/p-3. The molecule has 0 aliphatic rings. The van der Waals surface area contributed by atoms with Gasteiger partial charge in [0.2, 0.25) is 0 Å². The molecule has 5 aromatic rings. The van der Waals surface area contributed by atoms with Gasteiger partial charge in [0, 0.05) is 0 Å². The maximum absolute atomic E-state index is 13.0. The molecule has 0 saturated heterocycles. The molecule has 0 atom stereocenters. The molecule has 0 unspecified atom stereocenters. The summed E-state index contributed by atoms with van der Waals surface area (Å²) >= 11 is 0. The van der Waals surface area contributed by atoms with Gasteiger partial charge in [-0.25, -0.2) is 0 Å². The first-order chi connectivity index (χ1) is 21.2. The van der Waals surface area contributed by atoms with Crippen molar-refractivity contribution in [3.8, 4) is 22.6 Å². The van der Waals surface area contributed by atoms with Crippen molar-refractivity contribution in [2.75, 3.05) is 0 Å². The summed E-state index contributed by atoms with van der Waals surface area (Å²) in [6, 6.07) is 20.5. The summed E-state index contributed by atoms with van der Waals surface area (Å²) in [6.07, 6.45) is 0. The van der Waals surface area contributed by atoms with Crippen LogP contribution in [0.15, 0.2) is 121 Å². The molecule has 228 valence electrons. The molecule has 5 rings (SSSR count). The minimum Gasteiger partial charge on any atom is -0.872 e. The van der Waals surface area contributed by atoms with Crippen molar-refractivity contribution in [1.29, 1.82) is 0 Å². The molecule has 5 aromatic carbocycles. The van der Waals surface area contributed by atoms with Crippen LogP contribution in [0, 0.1) is 0 Å². The third-order valence-electron chi connectivity index (χ3n) is 6.38. The number of fused-ring (bicyclic) bond motifs is 1. The van der Waals surface area contributed by atoms with E-state index in [4.69, 9.17) is 0 Å². The van der Waals surface area contributed by atoms with E-state index >= 15 is 0 Å². The third-order valence-corrected chi connectivity index (χ3v) is 8.09. The second-order valence-corrected chi connectivity index (χ2v) is 12.2. The summed E-state index contributed by atoms with van der Waals surface area (Å²) in [5.41, 5.74) is 1.12. The number of carboxylic acid groups (broad SMARTS) is 1. The van der Waals surface area contributed by atoms with Crippen LogP contribution in [0.5, 0.6) is 11.5 Å². The molecule has 0 aliphatic carbocycles. The van der Waals surface area contributed by atoms with Crippen molar-refractivity contribution in [2.45, 2.75) is 9.79 Å². The maximum atomic E-state index is 13.0. The second-order valence-electron chi connectivity index (χ2n) is 9.35. The van der Waals surface area contributed by atoms with Gasteiger partial charge in [-0.3, -0.25) is 9.11 Å². The van der Waals surface area contributed by atoms with E-state index in [1.807, 2.05) is 0 Å². The van der Waals surface area contributed by atoms with Crippen LogP contribution in [0.3, 0.4) is 0 Å². The first-order valence-corrected chi connectivity index (χ1v) is 15.4. The van der Waals surface area contributed by atoms with Gasteiger partial charge in [-0.05, 0) is 82.1 Å². The predicted octanol–water partition coefficient (Wildman–Crippen LogP) is -4.65. The Hall–Kier alpha value is -2.55. The molecule has 0 radical (unpaired) electrons. The minimum absolute atomic E-state index is 0. The first kappa shape index (κ1) is 41.6. The van der Waals surface area contributed by atoms with Crippen LogP contribution >= 0.6 is 0 Å². The number of hydrogen-bond donors (Lipinski definition) is 2. The quantitative estimate of drug-likeness (QED) is 0.0884. The molecule has 14 nitrogen and oxygen atoms in total. The van der Waals surface area contributed by atoms with Crippen LogP contribution < -0.4 is 104 Å². The summed E-state index contributed by atoms with van der Waals surface area (Å²) in [4.78, 5) is 9.55. The van der Waals surface area contributed by atoms with Crippen molar-refractivity contribution >= 4 is 59.7 Å². The molecule has 0 spiro atoms. The summed E-state index contributed by atoms with van der Waals surface area (Å²) in [6.45, 7) is 0. The molecule has 0 aromatic heterocycles. The van der Waals surface area contributed by atoms with E-state index in [9.17, 15) is 46.1 Å². The molecular formula is C29H17N4Na3O10S2. The first-order valence-electron chi connectivity index (χ1n) is 12.5. The number of aromatic carboxylic acids is 1. The smallest absolute Gasteiger partial charge is 0.872 e. The molecule has 19 heteroatoms. The average molecular weight is 715 g/mol. The SMILES string of the molecule is O=C([O-])c1cc(N=Nc2ccc(-c3ccc(N=Nc4c(S(=O)(=O)O)cc5cc(S(=O)(=O)O)ccc5c4[O-])cc3)cc2)ccc1[O-].[Na+].[Na+].[Na+]. The predicted molar refractivity (Wildman–Crippen MR) is 153 cm³/mol. The van der Waals surface area contributed by atoms with Crippen LogP contribution in [0.25, 0.3) is 21.9 Å². The Kier molecular flexibility index (Phi) is 14.7. The Labute approximate surface area is 340 Å². The fourth-order valence-electron chi connectivity index (χ4n) is 4.17. The number of carboxylic acids is 1. The monoisotopic (exact) mass is 714 g/mol. The van der Waals surface area contributed by atoms with Gasteiger partial charge in [-0.1, -0.05) is 47.9 Å². The summed E-state index contributed by atoms with van der Waals surface area (Å²) < 4.78 is 65.9. The normalized spacial score (nSPS) is 11.5. The van der Waals surface area contributed by atoms with Gasteiger partial charge in [0.15, 0.2) is 0 Å². The van der Waals surface area contributed by atoms with Gasteiger partial charge >= 0.3 is 88.7 Å². The summed E-state index contributed by atoms with van der Waals surface area (Å²) in [7, 11) is -9.64. The van der Waals surface area contributed by atoms with Crippen molar-refractivity contribution < 1.29 is 135 Å². The Morgan fingerprint density at radius 3 is 1.60 bits per heavy atom. The fourth-order valence-corrected chi connectivity index (χ4v) is 5.34. The van der Waals surface area contributed by atoms with Crippen LogP contribution in [0.2, 0.25) is 0 Å². The van der Waals surface area contributed by atoms with Crippen LogP contribution in [0.1, 0.15) is 10.4 Å². The Morgan fingerprint density at radius 1 is 0.604 bits per heavy atom. The molecule has 48 heavy (non-hydrogen) atoms. The largest absolute Gasteiger partial charge is 1.00 e. The van der Waals surface area contributed by atoms with Crippen LogP contribution in [-0.2, 0) is 20.2 Å². The Bertz CT molecular complexity index is 2270. The van der Waals surface area contributed by atoms with Crippen molar-refractivity contribution in [1.82, 2.24) is 0 Å². The molecule has 0 saturated carbocycles. The number of rotatable bonds is 8. The number of nitrogens with zero attached hydrogens (tertiary/aromatic N) is 4. The zero-order valence-electron chi connectivity index (χ0n) is 25.4. The molecular weight excluding hydrogens is 697 g/mol. The van der Waals surface area contributed by atoms with Crippen molar-refractivity contribution in [2.24, 2.45) is 20.5 Å². The molecule has 0 fully saturated rings. The molecule has 2 N–H and O–H groups in total. The minimum atomic E-state index is -4.99. The van der Waals surface area contributed by atoms with Gasteiger partial charge in [0.25, 0.3) is 20.2 Å². The maximum Gasteiger partial charge on any atom is 1.00 e. The molecule has 0 heterocycles. The van der Waals surface area contributed by atoms with E-state index in [1.54, 1.807) is 36.4 Å². The average Bonchev–Trinajstić information content (AvgIpc) is 2.99. The van der Waals surface area contributed by atoms with Crippen LogP contribution in [0.4, 0.5) is 22.7 Å². The van der Waals surface area contributed by atoms with E-state index in [0.29, 0.717) is 5.69 Å². The Morgan fingerprint density at radius 2 is 1.10 bits per heavy atom. The number of carbonyl (C=O) groups excluding carboxylic acids is 1. The molecule has 0 amide bonds. The van der Waals surface area contributed by atoms with Crippen molar-refractivity contribution in [3.05, 3.63) is 96.6 Å². The molecule has 0 bridgehead atoms. The number of hydrogen-bond acceptors (Lipinski definition) is 12. The number of benzene rings is 5. The second kappa shape index (κ2) is 16.9. The van der Waals surface area contributed by atoms with Gasteiger partial charge in [0.1, 0.15) is 4.90 Å².